The predicted octanol–water partition coefficient (Wildman–Crippen LogP) is 6.52. The first kappa shape index (κ1) is 36.2. The Balaban J connectivity index is 1.64. The number of anilines is 1. The van der Waals surface area contributed by atoms with Crippen molar-refractivity contribution >= 4 is 29.1 Å². The van der Waals surface area contributed by atoms with Gasteiger partial charge in [0.2, 0.25) is 5.95 Å². The number of carbonyl (C=O) groups is 2. The van der Waals surface area contributed by atoms with Crippen LogP contribution in [0, 0.1) is 11.8 Å². The Bertz CT molecular complexity index is 1090. The standard InChI is InChI=1S/C33H56N6O4/c1-4-5-6-7-8-9-10-11-12-13-14-15-16-17-18-19-29(40)42-21-20-27(24-43-32(41)30(34)26(2)3)23-39-25-37-28-22-36-33(35)38-31(28)39/h11-12,22,25-27,30H,4-10,13-21,23-24,34H2,1-3H3,(H2,35,36,38)/t27?,30-/m0/s1. The molecular formula is C33H56N6O4. The number of nitrogen functional groups attached to an aromatic ring is 1. The molecule has 4 N–H and O–H groups in total. The van der Waals surface area contributed by atoms with Crippen LogP contribution >= 0.6 is 0 Å². The fourth-order valence-electron chi connectivity index (χ4n) is 4.83. The Morgan fingerprint density at radius 1 is 0.930 bits per heavy atom. The summed E-state index contributed by atoms with van der Waals surface area (Å²) in [6.45, 7) is 6.85. The summed E-state index contributed by atoms with van der Waals surface area (Å²) in [6.07, 6.45) is 24.7. The first-order valence-corrected chi connectivity index (χ1v) is 16.5. The summed E-state index contributed by atoms with van der Waals surface area (Å²) in [4.78, 5) is 37.3. The summed E-state index contributed by atoms with van der Waals surface area (Å²) < 4.78 is 12.9. The van der Waals surface area contributed by atoms with E-state index in [2.05, 4.69) is 34.0 Å². The topological polar surface area (TPSA) is 148 Å². The molecule has 0 aliphatic heterocycles. The van der Waals surface area contributed by atoms with Gasteiger partial charge in [0.05, 0.1) is 25.7 Å². The lowest BCUT2D eigenvalue weighted by atomic mass is 10.1. The molecule has 0 spiro atoms. The second kappa shape index (κ2) is 21.6. The van der Waals surface area contributed by atoms with E-state index in [1.807, 2.05) is 18.4 Å². The van der Waals surface area contributed by atoms with Gasteiger partial charge in [-0.2, -0.15) is 4.98 Å². The van der Waals surface area contributed by atoms with Crippen LogP contribution in [0.4, 0.5) is 5.95 Å². The third kappa shape index (κ3) is 15.3. The molecule has 43 heavy (non-hydrogen) atoms. The van der Waals surface area contributed by atoms with Crippen molar-refractivity contribution in [3.8, 4) is 0 Å². The average molecular weight is 601 g/mol. The van der Waals surface area contributed by atoms with Gasteiger partial charge >= 0.3 is 11.9 Å². The molecule has 0 fully saturated rings. The van der Waals surface area contributed by atoms with Gasteiger partial charge in [-0.3, -0.25) is 9.59 Å². The summed E-state index contributed by atoms with van der Waals surface area (Å²) in [5.74, 6) is -0.637. The van der Waals surface area contributed by atoms with Crippen molar-refractivity contribution < 1.29 is 19.1 Å². The summed E-state index contributed by atoms with van der Waals surface area (Å²) in [7, 11) is 0. The van der Waals surface area contributed by atoms with Crippen molar-refractivity contribution in [2.45, 2.75) is 130 Å². The zero-order valence-corrected chi connectivity index (χ0v) is 26.8. The summed E-state index contributed by atoms with van der Waals surface area (Å²) in [5, 5.41) is 0. The number of nitrogens with two attached hydrogens (primary N) is 2. The number of hydrogen-bond acceptors (Lipinski definition) is 9. The number of aromatic nitrogens is 4. The van der Waals surface area contributed by atoms with Crippen LogP contribution in [0.15, 0.2) is 24.7 Å². The van der Waals surface area contributed by atoms with E-state index in [1.54, 1.807) is 12.5 Å². The number of allylic oxidation sites excluding steroid dienone is 2. The van der Waals surface area contributed by atoms with Crippen molar-refractivity contribution in [3.63, 3.8) is 0 Å². The van der Waals surface area contributed by atoms with Gasteiger partial charge in [-0.15, -0.1) is 0 Å². The van der Waals surface area contributed by atoms with E-state index >= 15 is 0 Å². The minimum atomic E-state index is -0.688. The molecule has 1 unspecified atom stereocenters. The first-order valence-electron chi connectivity index (χ1n) is 16.5. The van der Waals surface area contributed by atoms with E-state index in [0.717, 1.165) is 25.7 Å². The summed E-state index contributed by atoms with van der Waals surface area (Å²) >= 11 is 0. The van der Waals surface area contributed by atoms with Crippen molar-refractivity contribution in [1.82, 2.24) is 19.5 Å². The minimum Gasteiger partial charge on any atom is -0.466 e. The number of ether oxygens (including phenoxy) is 2. The van der Waals surface area contributed by atoms with Crippen molar-refractivity contribution in [3.05, 3.63) is 24.7 Å². The number of nitrogens with zero attached hydrogens (tertiary/aromatic N) is 4. The highest BCUT2D eigenvalue weighted by Crippen LogP contribution is 2.16. The average Bonchev–Trinajstić information content (AvgIpc) is 3.38. The van der Waals surface area contributed by atoms with E-state index in [1.165, 1.54) is 57.8 Å². The lowest BCUT2D eigenvalue weighted by Gasteiger charge is -2.20. The molecule has 0 saturated carbocycles. The molecule has 242 valence electrons. The molecule has 2 heterocycles. The van der Waals surface area contributed by atoms with Gasteiger partial charge in [-0.05, 0) is 44.4 Å². The van der Waals surface area contributed by atoms with Crippen molar-refractivity contribution in [1.29, 1.82) is 0 Å². The predicted molar refractivity (Wildman–Crippen MR) is 172 cm³/mol. The number of imidazole rings is 1. The lowest BCUT2D eigenvalue weighted by Crippen LogP contribution is -2.38. The van der Waals surface area contributed by atoms with Gasteiger partial charge < -0.3 is 25.5 Å². The largest absolute Gasteiger partial charge is 0.466 e. The van der Waals surface area contributed by atoms with Crippen LogP contribution in [0.25, 0.3) is 11.2 Å². The monoisotopic (exact) mass is 600 g/mol. The number of unbranched alkanes of at least 4 members (excludes halogenated alkanes) is 11. The molecule has 2 aromatic rings. The molecule has 0 radical (unpaired) electrons. The number of fused-ring (bicyclic) bond motifs is 1. The number of hydrogen-bond donors (Lipinski definition) is 2. The SMILES string of the molecule is CCCCCCCCC=CCCCCCCCC(=O)OCCC(COC(=O)[C@@H](N)C(C)C)Cn1cnc2cnc(N)nc21. The highest BCUT2D eigenvalue weighted by Gasteiger charge is 2.22. The van der Waals surface area contributed by atoms with Gasteiger partial charge in [0.1, 0.15) is 11.6 Å². The number of esters is 2. The smallest absolute Gasteiger partial charge is 0.323 e. The number of carbonyl (C=O) groups excluding carboxylic acids is 2. The van der Waals surface area contributed by atoms with Gasteiger partial charge in [-0.1, -0.05) is 84.3 Å². The van der Waals surface area contributed by atoms with Gasteiger partial charge in [0.15, 0.2) is 5.65 Å². The molecule has 2 aromatic heterocycles. The maximum atomic E-state index is 12.4. The summed E-state index contributed by atoms with van der Waals surface area (Å²) in [5.41, 5.74) is 12.9. The van der Waals surface area contributed by atoms with E-state index in [0.29, 0.717) is 30.6 Å². The second-order valence-corrected chi connectivity index (χ2v) is 11.9. The van der Waals surface area contributed by atoms with E-state index in [4.69, 9.17) is 20.9 Å². The molecule has 10 heteroatoms. The Morgan fingerprint density at radius 3 is 2.26 bits per heavy atom. The van der Waals surface area contributed by atoms with Gasteiger partial charge in [0.25, 0.3) is 0 Å². The Labute approximate surface area is 258 Å². The van der Waals surface area contributed by atoms with Crippen LogP contribution in [-0.2, 0) is 25.6 Å². The molecule has 2 atom stereocenters. The van der Waals surface area contributed by atoms with E-state index in [-0.39, 0.29) is 37.0 Å². The van der Waals surface area contributed by atoms with Crippen LogP contribution in [-0.4, -0.2) is 50.7 Å². The van der Waals surface area contributed by atoms with Crippen LogP contribution in [0.3, 0.4) is 0 Å². The quantitative estimate of drug-likeness (QED) is 0.0780. The van der Waals surface area contributed by atoms with Crippen LogP contribution in [0.1, 0.15) is 117 Å². The van der Waals surface area contributed by atoms with Crippen molar-refractivity contribution in [2.24, 2.45) is 17.6 Å². The Morgan fingerprint density at radius 2 is 1.58 bits per heavy atom. The normalized spacial score (nSPS) is 13.1. The highest BCUT2D eigenvalue weighted by atomic mass is 16.5. The van der Waals surface area contributed by atoms with E-state index in [9.17, 15) is 9.59 Å². The van der Waals surface area contributed by atoms with Gasteiger partial charge in [0, 0.05) is 18.9 Å². The molecule has 0 aliphatic rings. The third-order valence-corrected chi connectivity index (χ3v) is 7.72. The zero-order valence-electron chi connectivity index (χ0n) is 26.8. The van der Waals surface area contributed by atoms with Crippen LogP contribution < -0.4 is 11.5 Å². The lowest BCUT2D eigenvalue weighted by molar-refractivity contribution is -0.149. The fraction of sp³-hybridized carbons (Fsp3) is 0.727. The minimum absolute atomic E-state index is 0.0271. The molecule has 0 aliphatic carbocycles. The molecule has 0 aromatic carbocycles. The third-order valence-electron chi connectivity index (χ3n) is 7.72. The summed E-state index contributed by atoms with van der Waals surface area (Å²) in [6, 6.07) is -0.688. The maximum Gasteiger partial charge on any atom is 0.323 e. The Kier molecular flexibility index (Phi) is 18.2. The fourth-order valence-corrected chi connectivity index (χ4v) is 4.83. The van der Waals surface area contributed by atoms with E-state index < -0.39 is 12.0 Å². The van der Waals surface area contributed by atoms with Crippen LogP contribution in [0.5, 0.6) is 0 Å². The number of rotatable bonds is 24. The Hall–Kier alpha value is -3.01. The molecule has 2 rings (SSSR count). The molecule has 0 amide bonds. The first-order chi connectivity index (χ1) is 20.8. The molecular weight excluding hydrogens is 544 g/mol. The van der Waals surface area contributed by atoms with Crippen molar-refractivity contribution in [2.75, 3.05) is 18.9 Å². The molecule has 0 saturated heterocycles. The molecule has 0 bridgehead atoms. The highest BCUT2D eigenvalue weighted by molar-refractivity contribution is 5.75. The van der Waals surface area contributed by atoms with Gasteiger partial charge in [-0.25, -0.2) is 9.97 Å². The van der Waals surface area contributed by atoms with Crippen LogP contribution in [0.2, 0.25) is 0 Å². The second-order valence-electron chi connectivity index (χ2n) is 11.9. The molecule has 10 nitrogen and oxygen atoms in total. The maximum absolute atomic E-state index is 12.4. The zero-order chi connectivity index (χ0) is 31.3.